The predicted molar refractivity (Wildman–Crippen MR) is 121 cm³/mol. The zero-order valence-electron chi connectivity index (χ0n) is 18.1. The molecule has 1 aliphatic heterocycles. The first kappa shape index (κ1) is 23.0. The van der Waals surface area contributed by atoms with E-state index in [0.717, 1.165) is 43.5 Å². The molecule has 6 heteroatoms. The number of aliphatic imine (C=N–C) groups is 1. The molecule has 2 N–H and O–H groups in total. The summed E-state index contributed by atoms with van der Waals surface area (Å²) in [7, 11) is 4.05. The van der Waals surface area contributed by atoms with E-state index >= 15 is 0 Å². The van der Waals surface area contributed by atoms with Crippen molar-refractivity contribution in [1.29, 1.82) is 0 Å². The molecule has 1 saturated heterocycles. The summed E-state index contributed by atoms with van der Waals surface area (Å²) in [6, 6.07) is 8.13. The van der Waals surface area contributed by atoms with Crippen LogP contribution in [0.4, 0.5) is 0 Å². The Morgan fingerprint density at radius 1 is 1.18 bits per heavy atom. The number of halogens is 1. The topological polar surface area (TPSA) is 42.9 Å². The molecule has 28 heavy (non-hydrogen) atoms. The molecule has 0 saturated carbocycles. The molecule has 5 nitrogen and oxygen atoms in total. The summed E-state index contributed by atoms with van der Waals surface area (Å²) in [4.78, 5) is 9.38. The SMILES string of the molecule is CN=C(NCCCN1CCCN(C)CC1)NCC(C)(C)Cc1cccc(Cl)c1. The maximum absolute atomic E-state index is 6.12. The Kier molecular flexibility index (Phi) is 9.56. The lowest BCUT2D eigenvalue weighted by Crippen LogP contribution is -2.43. The Labute approximate surface area is 176 Å². The molecule has 0 radical (unpaired) electrons. The monoisotopic (exact) mass is 407 g/mol. The molecule has 0 unspecified atom stereocenters. The van der Waals surface area contributed by atoms with Crippen LogP contribution in [0.2, 0.25) is 5.02 Å². The highest BCUT2D eigenvalue weighted by Crippen LogP contribution is 2.22. The molecule has 2 rings (SSSR count). The van der Waals surface area contributed by atoms with Crippen molar-refractivity contribution >= 4 is 17.6 Å². The summed E-state index contributed by atoms with van der Waals surface area (Å²) in [5.41, 5.74) is 1.38. The van der Waals surface area contributed by atoms with Gasteiger partial charge in [-0.15, -0.1) is 0 Å². The van der Waals surface area contributed by atoms with Crippen LogP contribution in [0.5, 0.6) is 0 Å². The highest BCUT2D eigenvalue weighted by Gasteiger charge is 2.19. The summed E-state index contributed by atoms with van der Waals surface area (Å²) in [6.45, 7) is 12.3. The minimum Gasteiger partial charge on any atom is -0.356 e. The van der Waals surface area contributed by atoms with Crippen molar-refractivity contribution in [2.24, 2.45) is 10.4 Å². The van der Waals surface area contributed by atoms with Crippen LogP contribution in [-0.4, -0.2) is 75.7 Å². The highest BCUT2D eigenvalue weighted by molar-refractivity contribution is 6.30. The van der Waals surface area contributed by atoms with Crippen LogP contribution in [0.25, 0.3) is 0 Å². The minimum atomic E-state index is 0.111. The van der Waals surface area contributed by atoms with Crippen molar-refractivity contribution in [2.45, 2.75) is 33.1 Å². The Bertz CT molecular complexity index is 617. The van der Waals surface area contributed by atoms with Gasteiger partial charge >= 0.3 is 0 Å². The maximum atomic E-state index is 6.12. The molecule has 158 valence electrons. The molecule has 1 aliphatic rings. The van der Waals surface area contributed by atoms with E-state index in [2.05, 4.69) is 58.5 Å². The van der Waals surface area contributed by atoms with Crippen LogP contribution in [0.15, 0.2) is 29.3 Å². The van der Waals surface area contributed by atoms with Crippen molar-refractivity contribution < 1.29 is 0 Å². The first-order chi connectivity index (χ1) is 13.4. The number of likely N-dealkylation sites (N-methyl/N-ethyl adjacent to an activating group) is 1. The van der Waals surface area contributed by atoms with E-state index in [-0.39, 0.29) is 5.41 Å². The highest BCUT2D eigenvalue weighted by atomic mass is 35.5. The van der Waals surface area contributed by atoms with Crippen LogP contribution in [0, 0.1) is 5.41 Å². The zero-order chi connectivity index (χ0) is 20.4. The first-order valence-electron chi connectivity index (χ1n) is 10.5. The molecule has 0 spiro atoms. The molecule has 1 heterocycles. The second-order valence-corrected chi connectivity index (χ2v) is 9.11. The van der Waals surface area contributed by atoms with Crippen LogP contribution in [0.1, 0.15) is 32.3 Å². The summed E-state index contributed by atoms with van der Waals surface area (Å²) < 4.78 is 0. The number of guanidine groups is 1. The average molecular weight is 408 g/mol. The van der Waals surface area contributed by atoms with Gasteiger partial charge in [0.05, 0.1) is 0 Å². The van der Waals surface area contributed by atoms with Gasteiger partial charge in [-0.25, -0.2) is 0 Å². The van der Waals surface area contributed by atoms with E-state index < -0.39 is 0 Å². The largest absolute Gasteiger partial charge is 0.356 e. The lowest BCUT2D eigenvalue weighted by atomic mass is 9.86. The van der Waals surface area contributed by atoms with E-state index in [9.17, 15) is 0 Å². The van der Waals surface area contributed by atoms with Crippen molar-refractivity contribution in [3.63, 3.8) is 0 Å². The Hall–Kier alpha value is -1.30. The number of hydrogen-bond donors (Lipinski definition) is 2. The van der Waals surface area contributed by atoms with E-state index in [1.807, 2.05) is 19.2 Å². The fourth-order valence-corrected chi connectivity index (χ4v) is 3.85. The fourth-order valence-electron chi connectivity index (χ4n) is 3.64. The van der Waals surface area contributed by atoms with Crippen LogP contribution in [-0.2, 0) is 6.42 Å². The number of nitrogens with one attached hydrogen (secondary N) is 2. The van der Waals surface area contributed by atoms with Gasteiger partial charge in [0.1, 0.15) is 0 Å². The molecule has 1 aromatic rings. The number of rotatable bonds is 8. The molecule has 0 aliphatic carbocycles. The molecule has 1 fully saturated rings. The second-order valence-electron chi connectivity index (χ2n) is 8.68. The van der Waals surface area contributed by atoms with Gasteiger partial charge in [0.25, 0.3) is 0 Å². The average Bonchev–Trinajstić information content (AvgIpc) is 2.85. The molecular weight excluding hydrogens is 370 g/mol. The van der Waals surface area contributed by atoms with Gasteiger partial charge in [-0.2, -0.15) is 0 Å². The van der Waals surface area contributed by atoms with E-state index in [1.165, 1.54) is 38.2 Å². The van der Waals surface area contributed by atoms with E-state index in [0.29, 0.717) is 0 Å². The van der Waals surface area contributed by atoms with Gasteiger partial charge in [-0.05, 0) is 69.1 Å². The minimum absolute atomic E-state index is 0.111. The smallest absolute Gasteiger partial charge is 0.190 e. The second kappa shape index (κ2) is 11.6. The Morgan fingerprint density at radius 2 is 2.00 bits per heavy atom. The van der Waals surface area contributed by atoms with Crippen LogP contribution < -0.4 is 10.6 Å². The normalized spacial score (nSPS) is 17.4. The first-order valence-corrected chi connectivity index (χ1v) is 10.9. The third-order valence-electron chi connectivity index (χ3n) is 5.29. The fraction of sp³-hybridized carbons (Fsp3) is 0.682. The standard InChI is InChI=1S/C22H38ClN5/c1-22(2,17-19-8-5-9-20(23)16-19)18-26-21(24-3)25-10-6-12-28-13-7-11-27(4)14-15-28/h5,8-9,16H,6-7,10-15,17-18H2,1-4H3,(H2,24,25,26). The number of nitrogens with zero attached hydrogens (tertiary/aromatic N) is 3. The summed E-state index contributed by atoms with van der Waals surface area (Å²) in [6.07, 6.45) is 3.38. The van der Waals surface area contributed by atoms with Gasteiger partial charge in [-0.3, -0.25) is 4.99 Å². The molecule has 0 amide bonds. The predicted octanol–water partition coefficient (Wildman–Crippen LogP) is 3.10. The number of hydrogen-bond acceptors (Lipinski definition) is 3. The van der Waals surface area contributed by atoms with Gasteiger partial charge in [-0.1, -0.05) is 37.6 Å². The Morgan fingerprint density at radius 3 is 2.75 bits per heavy atom. The van der Waals surface area contributed by atoms with Gasteiger partial charge < -0.3 is 20.4 Å². The molecule has 0 aromatic heterocycles. The van der Waals surface area contributed by atoms with Crippen molar-refractivity contribution in [2.75, 3.05) is 59.9 Å². The quantitative estimate of drug-likeness (QED) is 0.395. The lowest BCUT2D eigenvalue weighted by molar-refractivity contribution is 0.273. The number of benzene rings is 1. The molecular formula is C22H38ClN5. The third kappa shape index (κ3) is 8.80. The molecule has 1 aromatic carbocycles. The lowest BCUT2D eigenvalue weighted by Gasteiger charge is -2.26. The zero-order valence-corrected chi connectivity index (χ0v) is 18.9. The van der Waals surface area contributed by atoms with E-state index in [1.54, 1.807) is 0 Å². The molecule has 0 atom stereocenters. The summed E-state index contributed by atoms with van der Waals surface area (Å²) in [5.74, 6) is 0.884. The summed E-state index contributed by atoms with van der Waals surface area (Å²) >= 11 is 6.12. The van der Waals surface area contributed by atoms with Crippen molar-refractivity contribution in [3.8, 4) is 0 Å². The maximum Gasteiger partial charge on any atom is 0.190 e. The molecule has 0 bridgehead atoms. The van der Waals surface area contributed by atoms with Crippen LogP contribution >= 0.6 is 11.6 Å². The third-order valence-corrected chi connectivity index (χ3v) is 5.52. The van der Waals surface area contributed by atoms with Crippen molar-refractivity contribution in [1.82, 2.24) is 20.4 Å². The van der Waals surface area contributed by atoms with Crippen LogP contribution in [0.3, 0.4) is 0 Å². The Balaban J connectivity index is 1.67. The summed E-state index contributed by atoms with van der Waals surface area (Å²) in [5, 5.41) is 7.74. The van der Waals surface area contributed by atoms with Gasteiger partial charge in [0, 0.05) is 38.2 Å². The van der Waals surface area contributed by atoms with Gasteiger partial charge in [0.2, 0.25) is 0 Å². The van der Waals surface area contributed by atoms with E-state index in [4.69, 9.17) is 11.6 Å². The van der Waals surface area contributed by atoms with Gasteiger partial charge in [0.15, 0.2) is 5.96 Å². The van der Waals surface area contributed by atoms with Crippen molar-refractivity contribution in [3.05, 3.63) is 34.9 Å².